The molecule has 2 aromatic rings. The molecule has 0 spiro atoms. The highest BCUT2D eigenvalue weighted by Crippen LogP contribution is 2.30. The molecule has 0 aliphatic rings. The van der Waals surface area contributed by atoms with Gasteiger partial charge in [0.05, 0.1) is 6.61 Å². The maximum absolute atomic E-state index is 13.0. The maximum Gasteiger partial charge on any atom is 0.246 e. The van der Waals surface area contributed by atoms with Crippen LogP contribution in [0.2, 0.25) is 0 Å². The molecule has 0 amide bonds. The van der Waals surface area contributed by atoms with Crippen molar-refractivity contribution in [2.45, 2.75) is 24.8 Å². The number of anilines is 1. The topological polar surface area (TPSA) is 58.6 Å². The van der Waals surface area contributed by atoms with Crippen LogP contribution in [0.25, 0.3) is 0 Å². The summed E-state index contributed by atoms with van der Waals surface area (Å²) < 4.78 is 44.8. The van der Waals surface area contributed by atoms with Gasteiger partial charge in [0.1, 0.15) is 16.5 Å². The molecule has 0 bridgehead atoms. The largest absolute Gasteiger partial charge is 0.492 e. The number of rotatable bonds is 7. The minimum absolute atomic E-state index is 0.107. The van der Waals surface area contributed by atoms with Gasteiger partial charge in [-0.3, -0.25) is 0 Å². The number of nitrogens with zero attached hydrogens (tertiary/aromatic N) is 1. The van der Waals surface area contributed by atoms with E-state index in [-0.39, 0.29) is 16.8 Å². The van der Waals surface area contributed by atoms with E-state index in [9.17, 15) is 12.8 Å². The Labute approximate surface area is 148 Å². The van der Waals surface area contributed by atoms with E-state index < -0.39 is 10.0 Å². The van der Waals surface area contributed by atoms with Crippen molar-refractivity contribution >= 4 is 15.7 Å². The monoisotopic (exact) mass is 366 g/mol. The first-order valence-corrected chi connectivity index (χ1v) is 9.41. The van der Waals surface area contributed by atoms with Gasteiger partial charge in [-0.2, -0.15) is 0 Å². The fraction of sp³-hybridized carbons (Fsp3) is 0.333. The van der Waals surface area contributed by atoms with Crippen molar-refractivity contribution in [1.82, 2.24) is 4.31 Å². The number of nitrogens with one attached hydrogen (secondary N) is 1. The Kier molecular flexibility index (Phi) is 6.02. The minimum atomic E-state index is -3.64. The lowest BCUT2D eigenvalue weighted by atomic mass is 10.1. The van der Waals surface area contributed by atoms with Crippen molar-refractivity contribution in [3.05, 3.63) is 53.8 Å². The molecule has 0 saturated heterocycles. The molecule has 2 aromatic carbocycles. The van der Waals surface area contributed by atoms with E-state index in [1.807, 2.05) is 6.92 Å². The molecule has 0 radical (unpaired) electrons. The van der Waals surface area contributed by atoms with Crippen LogP contribution < -0.4 is 10.1 Å². The van der Waals surface area contributed by atoms with E-state index in [0.29, 0.717) is 18.0 Å². The van der Waals surface area contributed by atoms with Gasteiger partial charge in [0.2, 0.25) is 10.0 Å². The number of halogens is 1. The highest BCUT2D eigenvalue weighted by Gasteiger charge is 2.23. The predicted octanol–water partition coefficient (Wildman–Crippen LogP) is 3.65. The summed E-state index contributed by atoms with van der Waals surface area (Å²) in [4.78, 5) is 0.107. The standard InChI is InChI=1S/C18H23FN2O3S/c1-5-24-17-11-10-16(12-18(17)25(22,23)21(3)4)20-13(2)14-6-8-15(19)9-7-14/h6-13,20H,5H2,1-4H3. The number of sulfonamides is 1. The summed E-state index contributed by atoms with van der Waals surface area (Å²) in [5.41, 5.74) is 1.54. The normalized spacial score (nSPS) is 12.9. The third-order valence-corrected chi connectivity index (χ3v) is 5.59. The van der Waals surface area contributed by atoms with Crippen LogP contribution in [0.4, 0.5) is 10.1 Å². The first-order chi connectivity index (χ1) is 11.8. The lowest BCUT2D eigenvalue weighted by Gasteiger charge is -2.19. The van der Waals surface area contributed by atoms with Crippen LogP contribution >= 0.6 is 0 Å². The summed E-state index contributed by atoms with van der Waals surface area (Å²) in [6.07, 6.45) is 0. The molecule has 0 saturated carbocycles. The fourth-order valence-corrected chi connectivity index (χ4v) is 3.41. The molecular weight excluding hydrogens is 343 g/mol. The van der Waals surface area contributed by atoms with Crippen LogP contribution in [0.5, 0.6) is 5.75 Å². The van der Waals surface area contributed by atoms with Crippen molar-refractivity contribution in [2.75, 3.05) is 26.0 Å². The van der Waals surface area contributed by atoms with Gasteiger partial charge in [0, 0.05) is 25.8 Å². The summed E-state index contributed by atoms with van der Waals surface area (Å²) in [5.74, 6) is 0.0209. The first kappa shape index (κ1) is 19.2. The summed E-state index contributed by atoms with van der Waals surface area (Å²) in [7, 11) is -0.683. The lowest BCUT2D eigenvalue weighted by molar-refractivity contribution is 0.330. The summed E-state index contributed by atoms with van der Waals surface area (Å²) in [6, 6.07) is 11.0. The molecular formula is C18H23FN2O3S. The Morgan fingerprint density at radius 1 is 1.16 bits per heavy atom. The van der Waals surface area contributed by atoms with Gasteiger partial charge in [-0.15, -0.1) is 0 Å². The summed E-state index contributed by atoms with van der Waals surface area (Å²) in [5, 5.41) is 3.24. The Hall–Kier alpha value is -2.12. The zero-order chi connectivity index (χ0) is 18.6. The third kappa shape index (κ3) is 4.49. The maximum atomic E-state index is 13.0. The Balaban J connectivity index is 2.34. The van der Waals surface area contributed by atoms with Gasteiger partial charge in [0.25, 0.3) is 0 Å². The van der Waals surface area contributed by atoms with E-state index in [1.54, 1.807) is 37.3 Å². The van der Waals surface area contributed by atoms with E-state index >= 15 is 0 Å². The molecule has 0 aliphatic carbocycles. The Bertz CT molecular complexity index is 821. The number of hydrogen-bond acceptors (Lipinski definition) is 4. The number of hydrogen-bond donors (Lipinski definition) is 1. The van der Waals surface area contributed by atoms with Crippen LogP contribution in [-0.2, 0) is 10.0 Å². The molecule has 2 rings (SSSR count). The highest BCUT2D eigenvalue weighted by atomic mass is 32.2. The van der Waals surface area contributed by atoms with Gasteiger partial charge in [-0.05, 0) is 49.7 Å². The van der Waals surface area contributed by atoms with E-state index in [1.165, 1.54) is 26.2 Å². The average Bonchev–Trinajstić information content (AvgIpc) is 2.56. The SMILES string of the molecule is CCOc1ccc(NC(C)c2ccc(F)cc2)cc1S(=O)(=O)N(C)C. The summed E-state index contributed by atoms with van der Waals surface area (Å²) in [6.45, 7) is 4.09. The molecule has 0 heterocycles. The van der Waals surface area contributed by atoms with Crippen molar-refractivity contribution in [1.29, 1.82) is 0 Å². The predicted molar refractivity (Wildman–Crippen MR) is 96.9 cm³/mol. The van der Waals surface area contributed by atoms with Gasteiger partial charge in [-0.25, -0.2) is 17.1 Å². The van der Waals surface area contributed by atoms with Crippen LogP contribution in [-0.4, -0.2) is 33.4 Å². The molecule has 25 heavy (non-hydrogen) atoms. The van der Waals surface area contributed by atoms with Crippen LogP contribution in [0.1, 0.15) is 25.5 Å². The molecule has 7 heteroatoms. The quantitative estimate of drug-likeness (QED) is 0.813. The first-order valence-electron chi connectivity index (χ1n) is 7.97. The average molecular weight is 366 g/mol. The van der Waals surface area contributed by atoms with Crippen molar-refractivity contribution < 1.29 is 17.5 Å². The second-order valence-electron chi connectivity index (χ2n) is 5.80. The van der Waals surface area contributed by atoms with Crippen LogP contribution in [0.3, 0.4) is 0 Å². The zero-order valence-corrected chi connectivity index (χ0v) is 15.6. The second-order valence-corrected chi connectivity index (χ2v) is 7.92. The molecule has 0 fully saturated rings. The van der Waals surface area contributed by atoms with Gasteiger partial charge < -0.3 is 10.1 Å². The molecule has 5 nitrogen and oxygen atoms in total. The van der Waals surface area contributed by atoms with Crippen LogP contribution in [0.15, 0.2) is 47.4 Å². The highest BCUT2D eigenvalue weighted by molar-refractivity contribution is 7.89. The molecule has 0 aliphatic heterocycles. The van der Waals surface area contributed by atoms with E-state index in [2.05, 4.69) is 5.32 Å². The number of ether oxygens (including phenoxy) is 1. The fourth-order valence-electron chi connectivity index (χ4n) is 2.36. The van der Waals surface area contributed by atoms with Gasteiger partial charge in [-0.1, -0.05) is 12.1 Å². The Morgan fingerprint density at radius 2 is 1.80 bits per heavy atom. The van der Waals surface area contributed by atoms with Gasteiger partial charge in [0.15, 0.2) is 0 Å². The third-order valence-electron chi connectivity index (χ3n) is 3.76. The van der Waals surface area contributed by atoms with Crippen molar-refractivity contribution in [3.8, 4) is 5.75 Å². The zero-order valence-electron chi connectivity index (χ0n) is 14.8. The minimum Gasteiger partial charge on any atom is -0.492 e. The Morgan fingerprint density at radius 3 is 2.36 bits per heavy atom. The van der Waals surface area contributed by atoms with Crippen molar-refractivity contribution in [2.24, 2.45) is 0 Å². The van der Waals surface area contributed by atoms with E-state index in [4.69, 9.17) is 4.74 Å². The van der Waals surface area contributed by atoms with Gasteiger partial charge >= 0.3 is 0 Å². The van der Waals surface area contributed by atoms with Crippen LogP contribution in [0, 0.1) is 5.82 Å². The molecule has 136 valence electrons. The number of benzene rings is 2. The van der Waals surface area contributed by atoms with E-state index in [0.717, 1.165) is 9.87 Å². The molecule has 1 atom stereocenters. The molecule has 0 aromatic heterocycles. The molecule has 1 N–H and O–H groups in total. The smallest absolute Gasteiger partial charge is 0.246 e. The summed E-state index contributed by atoms with van der Waals surface area (Å²) >= 11 is 0. The lowest BCUT2D eigenvalue weighted by Crippen LogP contribution is -2.23. The second kappa shape index (κ2) is 7.84. The van der Waals surface area contributed by atoms with Crippen molar-refractivity contribution in [3.63, 3.8) is 0 Å². The molecule has 1 unspecified atom stereocenters.